The normalized spacial score (nSPS) is 21.5. The fraction of sp³-hybridized carbons (Fsp3) is 0.533. The van der Waals surface area contributed by atoms with Crippen molar-refractivity contribution in [2.75, 3.05) is 6.54 Å². The van der Waals surface area contributed by atoms with Crippen molar-refractivity contribution >= 4 is 41.5 Å². The van der Waals surface area contributed by atoms with Gasteiger partial charge in [0.1, 0.15) is 0 Å². The molecule has 1 amide bonds. The first-order chi connectivity index (χ1) is 9.54. The average Bonchev–Trinajstić information content (AvgIpc) is 2.37. The van der Waals surface area contributed by atoms with Gasteiger partial charge in [-0.2, -0.15) is 0 Å². The Hall–Kier alpha value is -0.480. The number of hydrogen-bond donors (Lipinski definition) is 2. The summed E-state index contributed by atoms with van der Waals surface area (Å²) in [6.45, 7) is 0.598. The molecule has 2 atom stereocenters. The SMILES string of the molecule is Cl.NC1CCCC(C(=O)NCCc2cc(Cl)cc(Cl)c2)C1. The lowest BCUT2D eigenvalue weighted by atomic mass is 9.85. The summed E-state index contributed by atoms with van der Waals surface area (Å²) in [7, 11) is 0. The number of hydrogen-bond acceptors (Lipinski definition) is 2. The molecule has 0 saturated heterocycles. The molecule has 3 N–H and O–H groups in total. The molecule has 2 unspecified atom stereocenters. The van der Waals surface area contributed by atoms with Gasteiger partial charge in [-0.3, -0.25) is 4.79 Å². The van der Waals surface area contributed by atoms with E-state index in [1.807, 2.05) is 12.1 Å². The molecule has 1 fully saturated rings. The van der Waals surface area contributed by atoms with Crippen molar-refractivity contribution in [3.05, 3.63) is 33.8 Å². The van der Waals surface area contributed by atoms with E-state index in [2.05, 4.69) is 5.32 Å². The second kappa shape index (κ2) is 8.84. The lowest BCUT2D eigenvalue weighted by Gasteiger charge is -2.25. The van der Waals surface area contributed by atoms with Gasteiger partial charge in [-0.25, -0.2) is 0 Å². The van der Waals surface area contributed by atoms with Crippen LogP contribution in [0.15, 0.2) is 18.2 Å². The van der Waals surface area contributed by atoms with Gasteiger partial charge in [0.2, 0.25) is 5.91 Å². The van der Waals surface area contributed by atoms with Crippen molar-refractivity contribution in [2.45, 2.75) is 38.1 Å². The summed E-state index contributed by atoms with van der Waals surface area (Å²) in [6, 6.07) is 5.62. The molecule has 3 nitrogen and oxygen atoms in total. The van der Waals surface area contributed by atoms with E-state index in [0.29, 0.717) is 16.6 Å². The van der Waals surface area contributed by atoms with Crippen LogP contribution in [-0.2, 0) is 11.2 Å². The molecular weight excluding hydrogens is 331 g/mol. The smallest absolute Gasteiger partial charge is 0.223 e. The van der Waals surface area contributed by atoms with Crippen molar-refractivity contribution in [1.29, 1.82) is 0 Å². The van der Waals surface area contributed by atoms with Crippen molar-refractivity contribution in [1.82, 2.24) is 5.32 Å². The monoisotopic (exact) mass is 350 g/mol. The highest BCUT2D eigenvalue weighted by Gasteiger charge is 2.24. The first kappa shape index (κ1) is 18.6. The van der Waals surface area contributed by atoms with Gasteiger partial charge >= 0.3 is 0 Å². The molecule has 2 rings (SSSR count). The van der Waals surface area contributed by atoms with Crippen LogP contribution in [0.25, 0.3) is 0 Å². The fourth-order valence-electron chi connectivity index (χ4n) is 2.70. The van der Waals surface area contributed by atoms with Crippen LogP contribution in [0.1, 0.15) is 31.2 Å². The van der Waals surface area contributed by atoms with Crippen LogP contribution in [-0.4, -0.2) is 18.5 Å². The maximum absolute atomic E-state index is 12.0. The van der Waals surface area contributed by atoms with E-state index in [1.165, 1.54) is 0 Å². The van der Waals surface area contributed by atoms with E-state index in [0.717, 1.165) is 37.7 Å². The van der Waals surface area contributed by atoms with Crippen LogP contribution in [0.2, 0.25) is 10.0 Å². The minimum absolute atomic E-state index is 0. The number of carbonyl (C=O) groups excluding carboxylic acids is 1. The molecule has 118 valence electrons. The summed E-state index contributed by atoms with van der Waals surface area (Å²) in [5, 5.41) is 4.22. The fourth-order valence-corrected chi connectivity index (χ4v) is 3.27. The molecule has 1 aromatic rings. The van der Waals surface area contributed by atoms with Gasteiger partial charge in [0.25, 0.3) is 0 Å². The van der Waals surface area contributed by atoms with Crippen molar-refractivity contribution in [2.24, 2.45) is 11.7 Å². The topological polar surface area (TPSA) is 55.1 Å². The first-order valence-electron chi connectivity index (χ1n) is 7.03. The summed E-state index contributed by atoms with van der Waals surface area (Å²) in [6.07, 6.45) is 4.55. The van der Waals surface area contributed by atoms with Gasteiger partial charge in [0.15, 0.2) is 0 Å². The molecule has 6 heteroatoms. The Morgan fingerprint density at radius 1 is 1.24 bits per heavy atom. The third-order valence-electron chi connectivity index (χ3n) is 3.72. The average molecular weight is 352 g/mol. The highest BCUT2D eigenvalue weighted by atomic mass is 35.5. The molecule has 1 aromatic carbocycles. The Balaban J connectivity index is 0.00000220. The molecule has 1 aliphatic carbocycles. The van der Waals surface area contributed by atoms with Crippen molar-refractivity contribution < 1.29 is 4.79 Å². The lowest BCUT2D eigenvalue weighted by Crippen LogP contribution is -2.38. The summed E-state index contributed by atoms with van der Waals surface area (Å²) < 4.78 is 0. The van der Waals surface area contributed by atoms with Crippen molar-refractivity contribution in [3.8, 4) is 0 Å². The van der Waals surface area contributed by atoms with Crippen LogP contribution in [0, 0.1) is 5.92 Å². The molecule has 0 spiro atoms. The number of nitrogens with one attached hydrogen (secondary N) is 1. The number of nitrogens with two attached hydrogens (primary N) is 1. The standard InChI is InChI=1S/C15H20Cl2N2O.ClH/c16-12-6-10(7-13(17)9-12)4-5-19-15(20)11-2-1-3-14(18)8-11;/h6-7,9,11,14H,1-5,8,18H2,(H,19,20);1H. The summed E-state index contributed by atoms with van der Waals surface area (Å²) in [4.78, 5) is 12.0. The van der Waals surface area contributed by atoms with E-state index < -0.39 is 0 Å². The van der Waals surface area contributed by atoms with Crippen LogP contribution in [0.4, 0.5) is 0 Å². The minimum Gasteiger partial charge on any atom is -0.356 e. The highest BCUT2D eigenvalue weighted by molar-refractivity contribution is 6.34. The Bertz CT molecular complexity index is 462. The molecule has 0 heterocycles. The number of rotatable bonds is 4. The summed E-state index contributed by atoms with van der Waals surface area (Å²) >= 11 is 11.9. The van der Waals surface area contributed by atoms with Gasteiger partial charge in [-0.1, -0.05) is 29.6 Å². The Labute approximate surface area is 142 Å². The molecule has 0 aromatic heterocycles. The van der Waals surface area contributed by atoms with E-state index in [1.54, 1.807) is 6.07 Å². The number of carbonyl (C=O) groups is 1. The maximum Gasteiger partial charge on any atom is 0.223 e. The van der Waals surface area contributed by atoms with E-state index >= 15 is 0 Å². The predicted octanol–water partition coefficient (Wildman–Crippen LogP) is 3.59. The zero-order chi connectivity index (χ0) is 14.5. The largest absolute Gasteiger partial charge is 0.356 e. The van der Waals surface area contributed by atoms with Crippen LogP contribution in [0.3, 0.4) is 0 Å². The molecule has 0 radical (unpaired) electrons. The van der Waals surface area contributed by atoms with Gasteiger partial charge in [-0.15, -0.1) is 12.4 Å². The highest BCUT2D eigenvalue weighted by Crippen LogP contribution is 2.23. The Kier molecular flexibility index (Phi) is 7.82. The molecule has 0 bridgehead atoms. The molecule has 21 heavy (non-hydrogen) atoms. The lowest BCUT2D eigenvalue weighted by molar-refractivity contribution is -0.126. The zero-order valence-corrected chi connectivity index (χ0v) is 14.1. The third-order valence-corrected chi connectivity index (χ3v) is 4.16. The van der Waals surface area contributed by atoms with Crippen molar-refractivity contribution in [3.63, 3.8) is 0 Å². The van der Waals surface area contributed by atoms with E-state index in [-0.39, 0.29) is 30.3 Å². The molecule has 0 aliphatic heterocycles. The zero-order valence-electron chi connectivity index (χ0n) is 11.8. The Morgan fingerprint density at radius 3 is 2.52 bits per heavy atom. The molecule has 1 aliphatic rings. The summed E-state index contributed by atoms with van der Waals surface area (Å²) in [5.74, 6) is 0.190. The van der Waals surface area contributed by atoms with Gasteiger partial charge in [0.05, 0.1) is 0 Å². The molecular formula is C15H21Cl3N2O. The van der Waals surface area contributed by atoms with E-state index in [9.17, 15) is 4.79 Å². The van der Waals surface area contributed by atoms with Gasteiger partial charge < -0.3 is 11.1 Å². The first-order valence-corrected chi connectivity index (χ1v) is 7.78. The minimum atomic E-state index is 0. The number of halogens is 3. The number of amides is 1. The van der Waals surface area contributed by atoms with E-state index in [4.69, 9.17) is 28.9 Å². The van der Waals surface area contributed by atoms with Crippen LogP contribution < -0.4 is 11.1 Å². The second-order valence-electron chi connectivity index (χ2n) is 5.44. The van der Waals surface area contributed by atoms with Gasteiger partial charge in [0, 0.05) is 28.5 Å². The quantitative estimate of drug-likeness (QED) is 0.871. The molecule has 1 saturated carbocycles. The van der Waals surface area contributed by atoms with Gasteiger partial charge in [-0.05, 0) is 49.4 Å². The Morgan fingerprint density at radius 2 is 1.90 bits per heavy atom. The number of benzene rings is 1. The third kappa shape index (κ3) is 6.03. The summed E-state index contributed by atoms with van der Waals surface area (Å²) in [5.41, 5.74) is 6.94. The maximum atomic E-state index is 12.0. The van der Waals surface area contributed by atoms with Crippen LogP contribution in [0.5, 0.6) is 0 Å². The van der Waals surface area contributed by atoms with Crippen LogP contribution >= 0.6 is 35.6 Å². The predicted molar refractivity (Wildman–Crippen MR) is 90.4 cm³/mol. The second-order valence-corrected chi connectivity index (χ2v) is 6.32.